The standard InChI is InChI=1S/C23H27N3O3/c27-22(24-18-9-2-3-10-18)14-15-23-25-21(26-29-23)13-6-16-28-20-12-5-8-17-7-1-4-11-19(17)20/h1,4-5,7-8,11-12,18H,2-3,6,9-10,13-16H2,(H,24,27). The topological polar surface area (TPSA) is 77.2 Å². The van der Waals surface area contributed by atoms with Crippen LogP contribution in [-0.4, -0.2) is 28.7 Å². The monoisotopic (exact) mass is 393 g/mol. The summed E-state index contributed by atoms with van der Waals surface area (Å²) >= 11 is 0. The Kier molecular flexibility index (Phi) is 6.39. The van der Waals surface area contributed by atoms with Crippen molar-refractivity contribution >= 4 is 16.7 Å². The van der Waals surface area contributed by atoms with E-state index in [0.29, 0.717) is 43.6 Å². The van der Waals surface area contributed by atoms with Crippen LogP contribution in [0.2, 0.25) is 0 Å². The highest BCUT2D eigenvalue weighted by Crippen LogP contribution is 2.25. The number of ether oxygens (including phenoxy) is 1. The lowest BCUT2D eigenvalue weighted by Crippen LogP contribution is -2.32. The van der Waals surface area contributed by atoms with Crippen molar-refractivity contribution in [3.05, 3.63) is 54.2 Å². The van der Waals surface area contributed by atoms with Crippen molar-refractivity contribution in [1.29, 1.82) is 0 Å². The molecule has 1 amide bonds. The van der Waals surface area contributed by atoms with Crippen molar-refractivity contribution in [3.63, 3.8) is 0 Å². The number of rotatable bonds is 9. The van der Waals surface area contributed by atoms with E-state index in [1.807, 2.05) is 24.3 Å². The van der Waals surface area contributed by atoms with E-state index in [1.165, 1.54) is 18.2 Å². The van der Waals surface area contributed by atoms with E-state index in [0.717, 1.165) is 30.4 Å². The van der Waals surface area contributed by atoms with Gasteiger partial charge in [-0.25, -0.2) is 0 Å². The number of hydrogen-bond acceptors (Lipinski definition) is 5. The van der Waals surface area contributed by atoms with Crippen molar-refractivity contribution in [2.24, 2.45) is 0 Å². The lowest BCUT2D eigenvalue weighted by atomic mass is 10.1. The molecule has 1 aliphatic carbocycles. The third-order valence-corrected chi connectivity index (χ3v) is 5.35. The Balaban J connectivity index is 1.19. The number of aryl methyl sites for hydroxylation is 2. The third-order valence-electron chi connectivity index (χ3n) is 5.35. The highest BCUT2D eigenvalue weighted by Gasteiger charge is 2.17. The molecule has 0 unspecified atom stereocenters. The lowest BCUT2D eigenvalue weighted by molar-refractivity contribution is -0.121. The maximum absolute atomic E-state index is 12.0. The molecule has 6 heteroatoms. The van der Waals surface area contributed by atoms with Gasteiger partial charge in [0.15, 0.2) is 5.82 Å². The summed E-state index contributed by atoms with van der Waals surface area (Å²) in [6, 6.07) is 14.6. The largest absolute Gasteiger partial charge is 0.493 e. The van der Waals surface area contributed by atoms with Crippen LogP contribution in [0.15, 0.2) is 47.0 Å². The van der Waals surface area contributed by atoms with Crippen LogP contribution in [0.3, 0.4) is 0 Å². The van der Waals surface area contributed by atoms with Gasteiger partial charge in [0.1, 0.15) is 5.75 Å². The molecule has 152 valence electrons. The molecule has 1 saturated carbocycles. The molecule has 1 fully saturated rings. The number of carbonyl (C=O) groups is 1. The highest BCUT2D eigenvalue weighted by atomic mass is 16.5. The summed E-state index contributed by atoms with van der Waals surface area (Å²) in [5.74, 6) is 2.15. The van der Waals surface area contributed by atoms with E-state index in [1.54, 1.807) is 0 Å². The van der Waals surface area contributed by atoms with Crippen LogP contribution < -0.4 is 10.1 Å². The second-order valence-electron chi connectivity index (χ2n) is 7.58. The van der Waals surface area contributed by atoms with Crippen molar-refractivity contribution in [2.75, 3.05) is 6.61 Å². The normalized spacial score (nSPS) is 14.3. The Morgan fingerprint density at radius 3 is 2.83 bits per heavy atom. The molecule has 4 rings (SSSR count). The summed E-state index contributed by atoms with van der Waals surface area (Å²) in [6.07, 6.45) is 6.96. The molecule has 6 nitrogen and oxygen atoms in total. The van der Waals surface area contributed by atoms with Gasteiger partial charge in [0, 0.05) is 30.7 Å². The van der Waals surface area contributed by atoms with E-state index in [9.17, 15) is 4.79 Å². The summed E-state index contributed by atoms with van der Waals surface area (Å²) in [5.41, 5.74) is 0. The van der Waals surface area contributed by atoms with Crippen molar-refractivity contribution in [2.45, 2.75) is 57.4 Å². The SMILES string of the molecule is O=C(CCc1nc(CCCOc2cccc3ccccc23)no1)NC1CCCC1. The molecular formula is C23H27N3O3. The first-order valence-electron chi connectivity index (χ1n) is 10.5. The first kappa shape index (κ1) is 19.4. The van der Waals surface area contributed by atoms with Crippen LogP contribution >= 0.6 is 0 Å². The summed E-state index contributed by atoms with van der Waals surface area (Å²) in [5, 5.41) is 9.39. The van der Waals surface area contributed by atoms with Crippen LogP contribution in [-0.2, 0) is 17.6 Å². The van der Waals surface area contributed by atoms with Gasteiger partial charge in [-0.2, -0.15) is 4.98 Å². The number of aromatic nitrogens is 2. The molecular weight excluding hydrogens is 366 g/mol. The Morgan fingerprint density at radius 1 is 1.10 bits per heavy atom. The fourth-order valence-corrected chi connectivity index (χ4v) is 3.82. The molecule has 0 bridgehead atoms. The van der Waals surface area contributed by atoms with E-state index >= 15 is 0 Å². The van der Waals surface area contributed by atoms with Gasteiger partial charge in [-0.1, -0.05) is 54.4 Å². The number of benzene rings is 2. The van der Waals surface area contributed by atoms with Gasteiger partial charge in [-0.3, -0.25) is 4.79 Å². The summed E-state index contributed by atoms with van der Waals surface area (Å²) in [4.78, 5) is 16.4. The molecule has 0 saturated heterocycles. The lowest BCUT2D eigenvalue weighted by Gasteiger charge is -2.10. The zero-order valence-electron chi connectivity index (χ0n) is 16.6. The number of carbonyl (C=O) groups excluding carboxylic acids is 1. The Hall–Kier alpha value is -2.89. The van der Waals surface area contributed by atoms with E-state index < -0.39 is 0 Å². The van der Waals surface area contributed by atoms with Crippen LogP contribution in [0.5, 0.6) is 5.75 Å². The van der Waals surface area contributed by atoms with Gasteiger partial charge in [0.25, 0.3) is 0 Å². The quantitative estimate of drug-likeness (QED) is 0.551. The van der Waals surface area contributed by atoms with Gasteiger partial charge >= 0.3 is 0 Å². The molecule has 0 aliphatic heterocycles. The summed E-state index contributed by atoms with van der Waals surface area (Å²) < 4.78 is 11.2. The van der Waals surface area contributed by atoms with Gasteiger partial charge in [-0.15, -0.1) is 0 Å². The van der Waals surface area contributed by atoms with Gasteiger partial charge < -0.3 is 14.6 Å². The minimum atomic E-state index is 0.0696. The first-order valence-corrected chi connectivity index (χ1v) is 10.5. The fourth-order valence-electron chi connectivity index (χ4n) is 3.82. The average molecular weight is 393 g/mol. The Labute approximate surface area is 170 Å². The molecule has 0 spiro atoms. The first-order chi connectivity index (χ1) is 14.3. The van der Waals surface area contributed by atoms with Crippen LogP contribution in [0.25, 0.3) is 10.8 Å². The van der Waals surface area contributed by atoms with Crippen molar-refractivity contribution in [1.82, 2.24) is 15.5 Å². The maximum Gasteiger partial charge on any atom is 0.227 e. The van der Waals surface area contributed by atoms with Crippen LogP contribution in [0.1, 0.15) is 50.2 Å². The van der Waals surface area contributed by atoms with Crippen molar-refractivity contribution in [3.8, 4) is 5.75 Å². The smallest absolute Gasteiger partial charge is 0.227 e. The molecule has 3 aromatic rings. The molecule has 0 atom stereocenters. The molecule has 1 aliphatic rings. The Bertz CT molecular complexity index is 942. The van der Waals surface area contributed by atoms with Gasteiger partial charge in [0.05, 0.1) is 6.61 Å². The van der Waals surface area contributed by atoms with Crippen LogP contribution in [0.4, 0.5) is 0 Å². The van der Waals surface area contributed by atoms with Gasteiger partial charge in [-0.05, 0) is 30.7 Å². The zero-order valence-corrected chi connectivity index (χ0v) is 16.6. The van der Waals surface area contributed by atoms with Crippen LogP contribution in [0, 0.1) is 0 Å². The maximum atomic E-state index is 12.0. The average Bonchev–Trinajstić information content (AvgIpc) is 3.42. The summed E-state index contributed by atoms with van der Waals surface area (Å²) in [7, 11) is 0. The second-order valence-corrected chi connectivity index (χ2v) is 7.58. The molecule has 1 heterocycles. The van der Waals surface area contributed by atoms with E-state index in [2.05, 4.69) is 33.7 Å². The predicted molar refractivity (Wildman–Crippen MR) is 111 cm³/mol. The number of amides is 1. The number of fused-ring (bicyclic) bond motifs is 1. The highest BCUT2D eigenvalue weighted by molar-refractivity contribution is 5.88. The number of nitrogens with one attached hydrogen (secondary N) is 1. The zero-order chi connectivity index (χ0) is 19.9. The molecule has 2 aromatic carbocycles. The molecule has 0 radical (unpaired) electrons. The van der Waals surface area contributed by atoms with E-state index in [-0.39, 0.29) is 5.91 Å². The molecule has 1 aromatic heterocycles. The number of nitrogens with zero attached hydrogens (tertiary/aromatic N) is 2. The number of hydrogen-bond donors (Lipinski definition) is 1. The van der Waals surface area contributed by atoms with E-state index in [4.69, 9.17) is 9.26 Å². The minimum Gasteiger partial charge on any atom is -0.493 e. The Morgan fingerprint density at radius 2 is 1.93 bits per heavy atom. The predicted octanol–water partition coefficient (Wildman–Crippen LogP) is 4.23. The summed E-state index contributed by atoms with van der Waals surface area (Å²) in [6.45, 7) is 0.585. The minimum absolute atomic E-state index is 0.0696. The second kappa shape index (κ2) is 9.54. The molecule has 1 N–H and O–H groups in total. The third kappa shape index (κ3) is 5.34. The molecule has 29 heavy (non-hydrogen) atoms. The van der Waals surface area contributed by atoms with Gasteiger partial charge in [0.2, 0.25) is 11.8 Å². The van der Waals surface area contributed by atoms with Crippen molar-refractivity contribution < 1.29 is 14.1 Å². The fraction of sp³-hybridized carbons (Fsp3) is 0.435.